The minimum absolute atomic E-state index is 0.221. The summed E-state index contributed by atoms with van der Waals surface area (Å²) in [6, 6.07) is 6.87. The van der Waals surface area contributed by atoms with E-state index in [1.54, 1.807) is 36.7 Å². The number of furan rings is 1. The lowest BCUT2D eigenvalue weighted by Crippen LogP contribution is -2.12. The highest BCUT2D eigenvalue weighted by atomic mass is 32.2. The third-order valence-electron chi connectivity index (χ3n) is 3.23. The molecule has 0 fully saturated rings. The van der Waals surface area contributed by atoms with Gasteiger partial charge in [0.2, 0.25) is 0 Å². The maximum Gasteiger partial charge on any atom is 0.292 e. The zero-order valence-electron chi connectivity index (χ0n) is 13.2. The Hall–Kier alpha value is -2.74. The molecule has 0 aliphatic carbocycles. The topological polar surface area (TPSA) is 82.2 Å². The number of ether oxygens (including phenoxy) is 1. The highest BCUT2D eigenvalue weighted by molar-refractivity contribution is 7.98. The number of methoxy groups -OCH3 is 1. The van der Waals surface area contributed by atoms with Gasteiger partial charge in [-0.2, -0.15) is 0 Å². The second-order valence-electron chi connectivity index (χ2n) is 4.88. The van der Waals surface area contributed by atoms with E-state index in [4.69, 9.17) is 9.15 Å². The van der Waals surface area contributed by atoms with Crippen LogP contribution < -0.4 is 10.1 Å². The molecule has 1 amide bonds. The van der Waals surface area contributed by atoms with E-state index in [0.29, 0.717) is 23.1 Å². The third kappa shape index (κ3) is 3.60. The molecule has 0 atom stereocenters. The van der Waals surface area contributed by atoms with E-state index < -0.39 is 0 Å². The fourth-order valence-electron chi connectivity index (χ4n) is 2.02. The zero-order chi connectivity index (χ0) is 16.9. The van der Waals surface area contributed by atoms with Crippen molar-refractivity contribution in [3.8, 4) is 5.75 Å². The maximum atomic E-state index is 12.3. The molecule has 7 nitrogen and oxygen atoms in total. The van der Waals surface area contributed by atoms with Crippen molar-refractivity contribution in [3.63, 3.8) is 0 Å². The van der Waals surface area contributed by atoms with Crippen LogP contribution in [0.5, 0.6) is 5.75 Å². The maximum absolute atomic E-state index is 12.3. The summed E-state index contributed by atoms with van der Waals surface area (Å²) in [5, 5.41) is 3.56. The molecule has 3 rings (SSSR count). The number of pyridine rings is 1. The first-order valence-electron chi connectivity index (χ1n) is 7.16. The van der Waals surface area contributed by atoms with Gasteiger partial charge in [0.1, 0.15) is 5.76 Å². The van der Waals surface area contributed by atoms with Gasteiger partial charge >= 0.3 is 0 Å². The van der Waals surface area contributed by atoms with Gasteiger partial charge in [-0.3, -0.25) is 4.79 Å². The van der Waals surface area contributed by atoms with Crippen molar-refractivity contribution < 1.29 is 13.9 Å². The first-order valence-corrected chi connectivity index (χ1v) is 8.15. The highest BCUT2D eigenvalue weighted by Gasteiger charge is 2.15. The van der Waals surface area contributed by atoms with Crippen LogP contribution in [-0.2, 0) is 12.8 Å². The number of amides is 1. The summed E-state index contributed by atoms with van der Waals surface area (Å²) in [4.78, 5) is 20.6. The normalized spacial score (nSPS) is 10.6. The molecule has 0 aliphatic rings. The van der Waals surface area contributed by atoms with Crippen molar-refractivity contribution in [1.82, 2.24) is 14.5 Å². The molecule has 0 radical (unpaired) electrons. The molecule has 24 heavy (non-hydrogen) atoms. The number of aryl methyl sites for hydroxylation is 1. The second-order valence-corrected chi connectivity index (χ2v) is 5.83. The Morgan fingerprint density at radius 3 is 2.96 bits per heavy atom. The van der Waals surface area contributed by atoms with Gasteiger partial charge in [-0.15, -0.1) is 0 Å². The molecule has 1 N–H and O–H groups in total. The van der Waals surface area contributed by atoms with E-state index in [-0.39, 0.29) is 11.7 Å². The number of carbonyl (C=O) groups is 1. The van der Waals surface area contributed by atoms with Crippen LogP contribution in [0.15, 0.2) is 52.4 Å². The molecular weight excluding hydrogens is 328 g/mol. The minimum Gasteiger partial charge on any atom is -0.493 e. The lowest BCUT2D eigenvalue weighted by Gasteiger charge is -2.07. The van der Waals surface area contributed by atoms with Gasteiger partial charge in [0.25, 0.3) is 5.91 Å². The van der Waals surface area contributed by atoms with E-state index >= 15 is 0 Å². The lowest BCUT2D eigenvalue weighted by molar-refractivity contribution is 0.0994. The van der Waals surface area contributed by atoms with Crippen LogP contribution in [-0.4, -0.2) is 27.6 Å². The molecule has 8 heteroatoms. The molecule has 0 unspecified atom stereocenters. The minimum atomic E-state index is -0.375. The number of imidazole rings is 1. The first-order chi connectivity index (χ1) is 11.7. The molecule has 0 saturated heterocycles. The van der Waals surface area contributed by atoms with Gasteiger partial charge in [-0.1, -0.05) is 11.8 Å². The standard InChI is InChI=1S/C16H16N4O3S/c1-20-9-8-18-16(20)24-10-11-5-6-13(23-11)15(21)19-14-12(22-2)4-3-7-17-14/h3-9H,10H2,1-2H3,(H,17,19,21). The van der Waals surface area contributed by atoms with Crippen molar-refractivity contribution in [3.05, 3.63) is 54.4 Å². The fourth-order valence-corrected chi connectivity index (χ4v) is 2.85. The smallest absolute Gasteiger partial charge is 0.292 e. The van der Waals surface area contributed by atoms with Gasteiger partial charge in [0.05, 0.1) is 12.9 Å². The number of anilines is 1. The van der Waals surface area contributed by atoms with Gasteiger partial charge in [0, 0.05) is 25.6 Å². The molecule has 0 spiro atoms. The van der Waals surface area contributed by atoms with Crippen LogP contribution in [0.1, 0.15) is 16.3 Å². The Kier molecular flexibility index (Phi) is 4.85. The van der Waals surface area contributed by atoms with Gasteiger partial charge in [-0.25, -0.2) is 9.97 Å². The van der Waals surface area contributed by atoms with Crippen LogP contribution >= 0.6 is 11.8 Å². The highest BCUT2D eigenvalue weighted by Crippen LogP contribution is 2.23. The van der Waals surface area contributed by atoms with Crippen LogP contribution in [0, 0.1) is 0 Å². The molecule has 3 heterocycles. The number of rotatable bonds is 6. The first kappa shape index (κ1) is 16.1. The number of thioether (sulfide) groups is 1. The average Bonchev–Trinajstić information content (AvgIpc) is 3.22. The Labute approximate surface area is 143 Å². The molecule has 0 bridgehead atoms. The number of hydrogen-bond acceptors (Lipinski definition) is 6. The molecule has 0 saturated carbocycles. The largest absolute Gasteiger partial charge is 0.493 e. The lowest BCUT2D eigenvalue weighted by atomic mass is 10.4. The summed E-state index contributed by atoms with van der Waals surface area (Å²) < 4.78 is 12.7. The van der Waals surface area contributed by atoms with Crippen LogP contribution in [0.4, 0.5) is 5.82 Å². The quantitative estimate of drug-likeness (QED) is 0.692. The van der Waals surface area contributed by atoms with Crippen molar-refractivity contribution in [2.24, 2.45) is 7.05 Å². The van der Waals surface area contributed by atoms with Crippen molar-refractivity contribution in [2.45, 2.75) is 10.9 Å². The predicted molar refractivity (Wildman–Crippen MR) is 90.2 cm³/mol. The summed E-state index contributed by atoms with van der Waals surface area (Å²) in [6.45, 7) is 0. The van der Waals surface area contributed by atoms with Crippen LogP contribution in [0.2, 0.25) is 0 Å². The number of hydrogen-bond donors (Lipinski definition) is 1. The summed E-state index contributed by atoms with van der Waals surface area (Å²) >= 11 is 1.54. The van der Waals surface area contributed by atoms with E-state index in [1.165, 1.54) is 18.9 Å². The Morgan fingerprint density at radius 2 is 2.21 bits per heavy atom. The number of aromatic nitrogens is 3. The molecule has 3 aromatic heterocycles. The molecule has 0 aromatic carbocycles. The molecule has 3 aromatic rings. The van der Waals surface area contributed by atoms with Crippen molar-refractivity contribution in [1.29, 1.82) is 0 Å². The van der Waals surface area contributed by atoms with Crippen molar-refractivity contribution >= 4 is 23.5 Å². The SMILES string of the molecule is COc1cccnc1NC(=O)c1ccc(CSc2nccn2C)o1. The van der Waals surface area contributed by atoms with Gasteiger partial charge < -0.3 is 19.0 Å². The van der Waals surface area contributed by atoms with E-state index in [2.05, 4.69) is 15.3 Å². The Balaban J connectivity index is 1.64. The fraction of sp³-hybridized carbons (Fsp3) is 0.188. The van der Waals surface area contributed by atoms with Gasteiger partial charge in [0.15, 0.2) is 22.5 Å². The predicted octanol–water partition coefficient (Wildman–Crippen LogP) is 2.96. The monoisotopic (exact) mass is 344 g/mol. The average molecular weight is 344 g/mol. The zero-order valence-corrected chi connectivity index (χ0v) is 14.0. The summed E-state index contributed by atoms with van der Waals surface area (Å²) in [5.41, 5.74) is 0. The van der Waals surface area contributed by atoms with Gasteiger partial charge in [-0.05, 0) is 24.3 Å². The van der Waals surface area contributed by atoms with Crippen molar-refractivity contribution in [2.75, 3.05) is 12.4 Å². The van der Waals surface area contributed by atoms with Crippen LogP contribution in [0.25, 0.3) is 0 Å². The second kappa shape index (κ2) is 7.22. The number of carbonyl (C=O) groups excluding carboxylic acids is 1. The Morgan fingerprint density at radius 1 is 1.33 bits per heavy atom. The van der Waals surface area contributed by atoms with E-state index in [9.17, 15) is 4.79 Å². The number of nitrogens with one attached hydrogen (secondary N) is 1. The molecule has 0 aliphatic heterocycles. The summed E-state index contributed by atoms with van der Waals surface area (Å²) in [5.74, 6) is 1.97. The number of nitrogens with zero attached hydrogens (tertiary/aromatic N) is 3. The Bertz CT molecular complexity index is 843. The van der Waals surface area contributed by atoms with E-state index in [0.717, 1.165) is 5.16 Å². The summed E-state index contributed by atoms with van der Waals surface area (Å²) in [6.07, 6.45) is 5.20. The van der Waals surface area contributed by atoms with E-state index in [1.807, 2.05) is 17.8 Å². The third-order valence-corrected chi connectivity index (χ3v) is 4.31. The summed E-state index contributed by atoms with van der Waals surface area (Å²) in [7, 11) is 3.45. The molecular formula is C16H16N4O3S. The molecule has 124 valence electrons. The van der Waals surface area contributed by atoms with Crippen LogP contribution in [0.3, 0.4) is 0 Å².